The molecule has 0 saturated carbocycles. The predicted molar refractivity (Wildman–Crippen MR) is 86.9 cm³/mol. The normalized spacial score (nSPS) is 11.2. The van der Waals surface area contributed by atoms with Crippen LogP contribution in [0.2, 0.25) is 0 Å². The van der Waals surface area contributed by atoms with Crippen LogP contribution in [0.15, 0.2) is 73.3 Å². The molecule has 3 rings (SSSR count). The molecule has 0 amide bonds. The molecule has 0 atom stereocenters. The molecule has 0 fully saturated rings. The van der Waals surface area contributed by atoms with Crippen molar-refractivity contribution in [2.45, 2.75) is 6.42 Å². The molecule has 0 bridgehead atoms. The Morgan fingerprint density at radius 3 is 2.48 bits per heavy atom. The molecule has 23 heavy (non-hydrogen) atoms. The highest BCUT2D eigenvalue weighted by Crippen LogP contribution is 2.19. The van der Waals surface area contributed by atoms with Crippen molar-refractivity contribution >= 4 is 5.70 Å². The highest BCUT2D eigenvalue weighted by Gasteiger charge is 2.04. The van der Waals surface area contributed by atoms with Crippen LogP contribution in [0.25, 0.3) is 5.70 Å². The fraction of sp³-hybridized carbons (Fsp3) is 0.0526. The first kappa shape index (κ1) is 14.7. The number of aromatic nitrogens is 2. The summed E-state index contributed by atoms with van der Waals surface area (Å²) < 4.78 is 14.9. The van der Waals surface area contributed by atoms with Crippen LogP contribution in [-0.4, -0.2) is 9.55 Å². The smallest absolute Gasteiger partial charge is 0.123 e. The number of hydrogen-bond acceptors (Lipinski definition) is 2. The van der Waals surface area contributed by atoms with Gasteiger partial charge in [0.1, 0.15) is 5.82 Å². The third-order valence-corrected chi connectivity index (χ3v) is 3.54. The van der Waals surface area contributed by atoms with Gasteiger partial charge in [0.05, 0.1) is 23.7 Å². The van der Waals surface area contributed by atoms with E-state index in [2.05, 4.69) is 17.1 Å². The number of imidazole rings is 1. The number of halogens is 1. The van der Waals surface area contributed by atoms with Gasteiger partial charge in [0.2, 0.25) is 0 Å². The quantitative estimate of drug-likeness (QED) is 0.730. The molecule has 0 spiro atoms. The minimum atomic E-state index is -0.236. The van der Waals surface area contributed by atoms with Gasteiger partial charge in [-0.05, 0) is 41.8 Å². The summed E-state index contributed by atoms with van der Waals surface area (Å²) in [6, 6.07) is 16.0. The third-order valence-electron chi connectivity index (χ3n) is 3.54. The standard InChI is InChI=1S/C19H14FN3/c20-18-8-3-15(4-9-18)5-10-19(23-12-11-22-14-23)17-6-1-16(13-21)2-7-17/h1-4,6-12,14H,5H2/b19-10-. The van der Waals surface area contributed by atoms with Crippen molar-refractivity contribution in [2.75, 3.05) is 0 Å². The summed E-state index contributed by atoms with van der Waals surface area (Å²) >= 11 is 0. The second-order valence-corrected chi connectivity index (χ2v) is 5.08. The summed E-state index contributed by atoms with van der Waals surface area (Å²) in [6.45, 7) is 0. The van der Waals surface area contributed by atoms with Gasteiger partial charge in [-0.3, -0.25) is 0 Å². The Kier molecular flexibility index (Phi) is 4.30. The molecular formula is C19H14FN3. The minimum Gasteiger partial charge on any atom is -0.306 e. The Balaban J connectivity index is 1.93. The first-order valence-corrected chi connectivity index (χ1v) is 7.20. The van der Waals surface area contributed by atoms with Crippen molar-refractivity contribution in [3.05, 3.63) is 95.8 Å². The maximum absolute atomic E-state index is 13.0. The van der Waals surface area contributed by atoms with Gasteiger partial charge in [0, 0.05) is 12.4 Å². The monoisotopic (exact) mass is 303 g/mol. The van der Waals surface area contributed by atoms with E-state index in [0.29, 0.717) is 12.0 Å². The number of rotatable bonds is 4. The van der Waals surface area contributed by atoms with Crippen LogP contribution in [0.5, 0.6) is 0 Å². The van der Waals surface area contributed by atoms with Gasteiger partial charge in [-0.2, -0.15) is 5.26 Å². The van der Waals surface area contributed by atoms with Crippen molar-refractivity contribution in [3.63, 3.8) is 0 Å². The van der Waals surface area contributed by atoms with Crippen molar-refractivity contribution in [3.8, 4) is 6.07 Å². The lowest BCUT2D eigenvalue weighted by Crippen LogP contribution is -1.97. The summed E-state index contributed by atoms with van der Waals surface area (Å²) in [4.78, 5) is 4.09. The maximum Gasteiger partial charge on any atom is 0.123 e. The number of nitriles is 1. The van der Waals surface area contributed by atoms with Crippen molar-refractivity contribution in [2.24, 2.45) is 0 Å². The molecule has 4 heteroatoms. The molecule has 3 aromatic rings. The SMILES string of the molecule is N#Cc1ccc(/C(=C/Cc2ccc(F)cc2)n2ccnc2)cc1. The second kappa shape index (κ2) is 6.71. The lowest BCUT2D eigenvalue weighted by Gasteiger charge is -2.09. The summed E-state index contributed by atoms with van der Waals surface area (Å²) in [6.07, 6.45) is 8.06. The minimum absolute atomic E-state index is 0.236. The van der Waals surface area contributed by atoms with Gasteiger partial charge in [-0.25, -0.2) is 9.37 Å². The molecule has 0 aliphatic heterocycles. The number of nitrogens with zero attached hydrogens (tertiary/aromatic N) is 3. The zero-order chi connectivity index (χ0) is 16.1. The van der Waals surface area contributed by atoms with Gasteiger partial charge < -0.3 is 4.57 Å². The zero-order valence-corrected chi connectivity index (χ0v) is 12.4. The van der Waals surface area contributed by atoms with Gasteiger partial charge >= 0.3 is 0 Å². The third kappa shape index (κ3) is 3.53. The summed E-state index contributed by atoms with van der Waals surface area (Å²) in [7, 11) is 0. The zero-order valence-electron chi connectivity index (χ0n) is 12.4. The van der Waals surface area contributed by atoms with Crippen LogP contribution in [0.3, 0.4) is 0 Å². The lowest BCUT2D eigenvalue weighted by molar-refractivity contribution is 0.627. The highest BCUT2D eigenvalue weighted by atomic mass is 19.1. The molecule has 0 radical (unpaired) electrons. The number of hydrogen-bond donors (Lipinski definition) is 0. The van der Waals surface area contributed by atoms with Crippen LogP contribution >= 0.6 is 0 Å². The van der Waals surface area contributed by atoms with E-state index in [1.807, 2.05) is 22.9 Å². The van der Waals surface area contributed by atoms with Gasteiger partial charge in [0.25, 0.3) is 0 Å². The highest BCUT2D eigenvalue weighted by molar-refractivity contribution is 5.66. The molecule has 0 saturated heterocycles. The van der Waals surface area contributed by atoms with Crippen LogP contribution < -0.4 is 0 Å². The van der Waals surface area contributed by atoms with Gasteiger partial charge in [0.15, 0.2) is 0 Å². The molecule has 0 aliphatic carbocycles. The molecule has 1 aromatic heterocycles. The van der Waals surface area contributed by atoms with E-state index in [1.165, 1.54) is 12.1 Å². The summed E-state index contributed by atoms with van der Waals surface area (Å²) in [5.74, 6) is -0.236. The molecule has 2 aromatic carbocycles. The molecule has 0 N–H and O–H groups in total. The molecule has 0 unspecified atom stereocenters. The van der Waals surface area contributed by atoms with Crippen LogP contribution in [-0.2, 0) is 6.42 Å². The second-order valence-electron chi connectivity index (χ2n) is 5.08. The van der Waals surface area contributed by atoms with Crippen molar-refractivity contribution in [1.29, 1.82) is 5.26 Å². The number of benzene rings is 2. The number of allylic oxidation sites excluding steroid dienone is 1. The summed E-state index contributed by atoms with van der Waals surface area (Å²) in [5.41, 5.74) is 3.61. The van der Waals surface area contributed by atoms with E-state index >= 15 is 0 Å². The Morgan fingerprint density at radius 1 is 1.13 bits per heavy atom. The van der Waals surface area contributed by atoms with E-state index in [1.54, 1.807) is 36.8 Å². The topological polar surface area (TPSA) is 41.6 Å². The largest absolute Gasteiger partial charge is 0.306 e. The first-order valence-electron chi connectivity index (χ1n) is 7.20. The van der Waals surface area contributed by atoms with E-state index in [9.17, 15) is 4.39 Å². The average Bonchev–Trinajstić information content (AvgIpc) is 3.12. The fourth-order valence-electron chi connectivity index (χ4n) is 2.32. The first-order chi connectivity index (χ1) is 11.3. The summed E-state index contributed by atoms with van der Waals surface area (Å²) in [5, 5.41) is 8.92. The van der Waals surface area contributed by atoms with Gasteiger partial charge in [-0.15, -0.1) is 0 Å². The average molecular weight is 303 g/mol. The molecule has 112 valence electrons. The van der Waals surface area contributed by atoms with Crippen LogP contribution in [0.4, 0.5) is 4.39 Å². The Morgan fingerprint density at radius 2 is 1.87 bits per heavy atom. The Hall–Kier alpha value is -3.19. The molecular weight excluding hydrogens is 289 g/mol. The molecule has 0 aliphatic rings. The van der Waals surface area contributed by atoms with E-state index in [-0.39, 0.29) is 5.82 Å². The predicted octanol–water partition coefficient (Wildman–Crippen LogP) is 4.03. The Labute approximate surface area is 134 Å². The molecule has 3 nitrogen and oxygen atoms in total. The maximum atomic E-state index is 13.0. The van der Waals surface area contributed by atoms with Crippen molar-refractivity contribution in [1.82, 2.24) is 9.55 Å². The van der Waals surface area contributed by atoms with E-state index in [0.717, 1.165) is 16.8 Å². The molecule has 1 heterocycles. The van der Waals surface area contributed by atoms with Crippen LogP contribution in [0, 0.1) is 17.1 Å². The van der Waals surface area contributed by atoms with E-state index < -0.39 is 0 Å². The van der Waals surface area contributed by atoms with Crippen LogP contribution in [0.1, 0.15) is 16.7 Å². The van der Waals surface area contributed by atoms with E-state index in [4.69, 9.17) is 5.26 Å². The fourth-order valence-corrected chi connectivity index (χ4v) is 2.32. The lowest BCUT2D eigenvalue weighted by atomic mass is 10.1. The Bertz CT molecular complexity index is 839. The van der Waals surface area contributed by atoms with Crippen molar-refractivity contribution < 1.29 is 4.39 Å². The van der Waals surface area contributed by atoms with Gasteiger partial charge in [-0.1, -0.05) is 30.3 Å².